The van der Waals surface area contributed by atoms with Crippen molar-refractivity contribution in [1.82, 2.24) is 0 Å². The van der Waals surface area contributed by atoms with Gasteiger partial charge in [-0.05, 0) is 49.6 Å². The first-order valence-electron chi connectivity index (χ1n) is 9.57. The monoisotopic (exact) mass is 411 g/mol. The van der Waals surface area contributed by atoms with Crippen molar-refractivity contribution in [1.29, 1.82) is 0 Å². The van der Waals surface area contributed by atoms with Gasteiger partial charge in [-0.1, -0.05) is 48.1 Å². The van der Waals surface area contributed by atoms with Gasteiger partial charge in [0.2, 0.25) is 10.0 Å². The van der Waals surface area contributed by atoms with E-state index in [1.807, 2.05) is 12.2 Å². The summed E-state index contributed by atoms with van der Waals surface area (Å²) >= 11 is 0. The highest BCUT2D eigenvalue weighted by Crippen LogP contribution is 2.40. The first-order chi connectivity index (χ1) is 13.8. The van der Waals surface area contributed by atoms with Crippen molar-refractivity contribution >= 4 is 27.6 Å². The molecule has 29 heavy (non-hydrogen) atoms. The topological polar surface area (TPSA) is 54.5 Å². The number of anilines is 1. The van der Waals surface area contributed by atoms with Crippen LogP contribution in [-0.4, -0.2) is 25.5 Å². The Morgan fingerprint density at radius 2 is 1.83 bits per heavy atom. The number of carbonyl (C=O) groups is 1. The number of hydrogen-bond acceptors (Lipinski definition) is 3. The Hall–Kier alpha value is -2.73. The Bertz CT molecular complexity index is 1120. The molecule has 0 saturated carbocycles. The molecule has 2 aliphatic rings. The van der Waals surface area contributed by atoms with Gasteiger partial charge >= 0.3 is 0 Å². The van der Waals surface area contributed by atoms with E-state index in [2.05, 4.69) is 0 Å². The van der Waals surface area contributed by atoms with Gasteiger partial charge in [-0.2, -0.15) is 0 Å². The van der Waals surface area contributed by atoms with Crippen molar-refractivity contribution in [3.8, 4) is 0 Å². The van der Waals surface area contributed by atoms with Crippen LogP contribution in [0.15, 0.2) is 66.3 Å². The molecule has 0 radical (unpaired) electrons. The number of halogens is 1. The fraction of sp³-hybridized carbons (Fsp3) is 0.261. The molecule has 2 aromatic carbocycles. The number of hydrogen-bond donors (Lipinski definition) is 0. The molecular formula is C23H22FNO3S. The summed E-state index contributed by atoms with van der Waals surface area (Å²) in [7, 11) is -3.76. The number of benzene rings is 2. The zero-order chi connectivity index (χ0) is 20.6. The lowest BCUT2D eigenvalue weighted by Crippen LogP contribution is -2.49. The van der Waals surface area contributed by atoms with Crippen LogP contribution in [0.4, 0.5) is 10.1 Å². The second-order valence-electron chi connectivity index (χ2n) is 7.72. The molecule has 0 aromatic heterocycles. The molecule has 4 rings (SSSR count). The molecule has 0 N–H and O–H groups in total. The minimum atomic E-state index is -3.76. The van der Waals surface area contributed by atoms with E-state index in [-0.39, 0.29) is 24.6 Å². The molecule has 0 spiro atoms. The number of ketones is 1. The molecule has 0 saturated heterocycles. The highest BCUT2D eigenvalue weighted by molar-refractivity contribution is 7.94. The van der Waals surface area contributed by atoms with Gasteiger partial charge < -0.3 is 0 Å². The summed E-state index contributed by atoms with van der Waals surface area (Å²) in [6, 6.07) is 13.0. The van der Waals surface area contributed by atoms with Gasteiger partial charge in [-0.15, -0.1) is 0 Å². The number of nitrogens with zero attached hydrogens (tertiary/aromatic N) is 1. The van der Waals surface area contributed by atoms with Crippen molar-refractivity contribution in [2.24, 2.45) is 0 Å². The molecule has 150 valence electrons. The van der Waals surface area contributed by atoms with Crippen molar-refractivity contribution in [2.75, 3.05) is 10.8 Å². The molecule has 1 aliphatic heterocycles. The third-order valence-corrected chi connectivity index (χ3v) is 7.98. The average Bonchev–Trinajstić information content (AvgIpc) is 2.70. The lowest BCUT2D eigenvalue weighted by atomic mass is 9.91. The van der Waals surface area contributed by atoms with E-state index in [0.29, 0.717) is 24.1 Å². The minimum absolute atomic E-state index is 0.0340. The van der Waals surface area contributed by atoms with Crippen LogP contribution in [0.25, 0.3) is 6.08 Å². The van der Waals surface area contributed by atoms with Gasteiger partial charge in [-0.3, -0.25) is 9.10 Å². The number of sulfonamides is 1. The van der Waals surface area contributed by atoms with Gasteiger partial charge in [0.1, 0.15) is 10.6 Å². The number of allylic oxidation sites excluding steroid dienone is 2. The van der Waals surface area contributed by atoms with Crippen LogP contribution in [0.3, 0.4) is 0 Å². The lowest BCUT2D eigenvalue weighted by Gasteiger charge is -2.38. The number of rotatable bonds is 3. The van der Waals surface area contributed by atoms with E-state index in [1.54, 1.807) is 49.4 Å². The summed E-state index contributed by atoms with van der Waals surface area (Å²) < 4.78 is 40.7. The summed E-state index contributed by atoms with van der Waals surface area (Å²) in [5, 5.41) is 0. The maximum absolute atomic E-state index is 13.7. The molecule has 1 heterocycles. The molecular weight excluding hydrogens is 389 g/mol. The molecule has 0 amide bonds. The maximum Gasteiger partial charge on any atom is 0.244 e. The normalized spacial score (nSPS) is 23.3. The van der Waals surface area contributed by atoms with E-state index < -0.39 is 14.8 Å². The van der Waals surface area contributed by atoms with Gasteiger partial charge in [0.05, 0.1) is 5.69 Å². The molecule has 0 fully saturated rings. The van der Waals surface area contributed by atoms with E-state index >= 15 is 0 Å². The third-order valence-electron chi connectivity index (χ3n) is 5.56. The predicted octanol–water partition coefficient (Wildman–Crippen LogP) is 4.74. The summed E-state index contributed by atoms with van der Waals surface area (Å²) in [4.78, 5) is 12.2. The van der Waals surface area contributed by atoms with Gasteiger partial charge in [0.15, 0.2) is 5.78 Å². The number of Topliss-reactive ketones (excluding diaryl/α,β-unsaturated/α-hetero) is 1. The zero-order valence-corrected chi connectivity index (χ0v) is 17.0. The quantitative estimate of drug-likeness (QED) is 0.686. The molecule has 1 unspecified atom stereocenters. The standard InChI is InChI=1S/C23H22FNO3S/c1-23(13-4-5-18(16-23)15-17-8-10-19(24)11-9-17)29(27,28)25-14-12-22(26)20-6-2-3-7-21(20)25/h2-4,6-11,13,15H,5,12,14,16H2,1H3/b18-15+. The Morgan fingerprint density at radius 3 is 2.59 bits per heavy atom. The Balaban J connectivity index is 1.69. The van der Waals surface area contributed by atoms with Crippen LogP contribution in [0, 0.1) is 5.82 Å². The van der Waals surface area contributed by atoms with E-state index in [1.165, 1.54) is 16.4 Å². The lowest BCUT2D eigenvalue weighted by molar-refractivity contribution is 0.0982. The van der Waals surface area contributed by atoms with E-state index in [0.717, 1.165) is 11.1 Å². The SMILES string of the molecule is CC1(S(=O)(=O)N2CCC(=O)c3ccccc32)C=CC/C(=C\c2ccc(F)cc2)C1. The Morgan fingerprint density at radius 1 is 1.10 bits per heavy atom. The van der Waals surface area contributed by atoms with Crippen molar-refractivity contribution in [3.05, 3.63) is 83.2 Å². The smallest absolute Gasteiger partial charge is 0.244 e. The molecule has 2 aromatic rings. The summed E-state index contributed by atoms with van der Waals surface area (Å²) in [5.41, 5.74) is 2.71. The first-order valence-corrected chi connectivity index (χ1v) is 11.0. The average molecular weight is 411 g/mol. The predicted molar refractivity (Wildman–Crippen MR) is 113 cm³/mol. The Kier molecular flexibility index (Phi) is 4.90. The van der Waals surface area contributed by atoms with Gasteiger partial charge in [0, 0.05) is 18.5 Å². The van der Waals surface area contributed by atoms with Gasteiger partial charge in [-0.25, -0.2) is 12.8 Å². The summed E-state index contributed by atoms with van der Waals surface area (Å²) in [6.07, 6.45) is 6.72. The highest BCUT2D eigenvalue weighted by atomic mass is 32.2. The maximum atomic E-state index is 13.7. The molecule has 1 atom stereocenters. The fourth-order valence-electron chi connectivity index (χ4n) is 4.01. The van der Waals surface area contributed by atoms with Crippen LogP contribution in [0.5, 0.6) is 0 Å². The molecule has 4 nitrogen and oxygen atoms in total. The largest absolute Gasteiger partial charge is 0.294 e. The van der Waals surface area contributed by atoms with Gasteiger partial charge in [0.25, 0.3) is 0 Å². The number of carbonyl (C=O) groups excluding carboxylic acids is 1. The second kappa shape index (κ2) is 7.26. The zero-order valence-electron chi connectivity index (χ0n) is 16.1. The molecule has 6 heteroatoms. The minimum Gasteiger partial charge on any atom is -0.294 e. The second-order valence-corrected chi connectivity index (χ2v) is 10.0. The highest BCUT2D eigenvalue weighted by Gasteiger charge is 2.45. The van der Waals surface area contributed by atoms with Crippen LogP contribution < -0.4 is 4.31 Å². The van der Waals surface area contributed by atoms with E-state index in [4.69, 9.17) is 0 Å². The van der Waals surface area contributed by atoms with Crippen molar-refractivity contribution in [2.45, 2.75) is 30.9 Å². The van der Waals surface area contributed by atoms with Crippen molar-refractivity contribution in [3.63, 3.8) is 0 Å². The number of fused-ring (bicyclic) bond motifs is 1. The van der Waals surface area contributed by atoms with Crippen LogP contribution in [0.1, 0.15) is 42.1 Å². The fourth-order valence-corrected chi connectivity index (χ4v) is 5.90. The molecule has 0 bridgehead atoms. The van der Waals surface area contributed by atoms with Crippen LogP contribution in [-0.2, 0) is 10.0 Å². The van der Waals surface area contributed by atoms with Crippen LogP contribution >= 0.6 is 0 Å². The Labute approximate surface area is 170 Å². The summed E-state index contributed by atoms with van der Waals surface area (Å²) in [6.45, 7) is 1.87. The van der Waals surface area contributed by atoms with Crippen molar-refractivity contribution < 1.29 is 17.6 Å². The van der Waals surface area contributed by atoms with E-state index in [9.17, 15) is 17.6 Å². The number of para-hydroxylation sites is 1. The summed E-state index contributed by atoms with van der Waals surface area (Å²) in [5.74, 6) is -0.338. The first kappa shape index (κ1) is 19.6. The molecule has 1 aliphatic carbocycles. The van der Waals surface area contributed by atoms with Crippen LogP contribution in [0.2, 0.25) is 0 Å². The third kappa shape index (κ3) is 3.53.